The van der Waals surface area contributed by atoms with Crippen LogP contribution in [0.15, 0.2) is 24.4 Å². The van der Waals surface area contributed by atoms with Crippen molar-refractivity contribution in [2.24, 2.45) is 0 Å². The van der Waals surface area contributed by atoms with E-state index in [1.54, 1.807) is 3.97 Å². The lowest BCUT2D eigenvalue weighted by atomic mass is 10.1. The van der Waals surface area contributed by atoms with Crippen molar-refractivity contribution in [1.29, 1.82) is 5.26 Å². The predicted octanol–water partition coefficient (Wildman–Crippen LogP) is 2.77. The molecule has 0 fully saturated rings. The second-order valence-electron chi connectivity index (χ2n) is 3.20. The summed E-state index contributed by atoms with van der Waals surface area (Å²) in [6.07, 6.45) is 2.95. The summed E-state index contributed by atoms with van der Waals surface area (Å²) in [4.78, 5) is 0. The van der Waals surface area contributed by atoms with Gasteiger partial charge in [-0.3, -0.25) is 3.97 Å². The highest BCUT2D eigenvalue weighted by molar-refractivity contribution is 7.78. The molecular weight excluding hydrogens is 192 g/mol. The normalized spacial score (nSPS) is 10.4. The Bertz CT molecular complexity index is 520. The van der Waals surface area contributed by atoms with E-state index in [4.69, 9.17) is 5.26 Å². The van der Waals surface area contributed by atoms with Gasteiger partial charge >= 0.3 is 0 Å². The minimum Gasteiger partial charge on any atom is -0.294 e. The van der Waals surface area contributed by atoms with Gasteiger partial charge in [-0.15, -0.1) is 0 Å². The lowest BCUT2D eigenvalue weighted by Gasteiger charge is -1.95. The van der Waals surface area contributed by atoms with E-state index in [1.807, 2.05) is 24.4 Å². The Kier molecular flexibility index (Phi) is 2.22. The Morgan fingerprint density at radius 2 is 2.29 bits per heavy atom. The lowest BCUT2D eigenvalue weighted by Crippen LogP contribution is -1.78. The minimum atomic E-state index is 0.701. The predicted molar refractivity (Wildman–Crippen MR) is 60.4 cm³/mol. The van der Waals surface area contributed by atoms with Gasteiger partial charge < -0.3 is 0 Å². The molecular formula is C11H10N2S. The van der Waals surface area contributed by atoms with Crippen molar-refractivity contribution < 1.29 is 0 Å². The number of nitrogens with zero attached hydrogens (tertiary/aromatic N) is 2. The van der Waals surface area contributed by atoms with Gasteiger partial charge in [0.05, 0.1) is 17.1 Å². The molecule has 0 aliphatic rings. The standard InChI is InChI=1S/C11H10N2S/c1-2-9-7-13(14)11-4-3-8(6-12)5-10(9)11/h3-5,7,14H,2H2,1H3. The van der Waals surface area contributed by atoms with Gasteiger partial charge in [-0.05, 0) is 30.2 Å². The fourth-order valence-electron chi connectivity index (χ4n) is 1.63. The molecule has 0 N–H and O–H groups in total. The molecule has 0 spiro atoms. The van der Waals surface area contributed by atoms with Crippen molar-refractivity contribution in [3.63, 3.8) is 0 Å². The first-order chi connectivity index (χ1) is 6.76. The second-order valence-corrected chi connectivity index (χ2v) is 3.63. The summed E-state index contributed by atoms with van der Waals surface area (Å²) < 4.78 is 1.80. The van der Waals surface area contributed by atoms with Gasteiger partial charge in [0, 0.05) is 11.6 Å². The molecule has 2 nitrogen and oxygen atoms in total. The number of rotatable bonds is 1. The molecule has 0 aliphatic carbocycles. The third-order valence-electron chi connectivity index (χ3n) is 2.38. The molecule has 2 aromatic rings. The van der Waals surface area contributed by atoms with E-state index in [0.717, 1.165) is 17.3 Å². The summed E-state index contributed by atoms with van der Waals surface area (Å²) in [5.41, 5.74) is 2.99. The summed E-state index contributed by atoms with van der Waals surface area (Å²) in [6, 6.07) is 7.81. The van der Waals surface area contributed by atoms with Crippen LogP contribution in [0.1, 0.15) is 18.1 Å². The minimum absolute atomic E-state index is 0.701. The van der Waals surface area contributed by atoms with Crippen LogP contribution in [0.3, 0.4) is 0 Å². The van der Waals surface area contributed by atoms with Gasteiger partial charge in [0.25, 0.3) is 0 Å². The molecule has 0 radical (unpaired) electrons. The molecule has 0 atom stereocenters. The van der Waals surface area contributed by atoms with Crippen molar-refractivity contribution in [2.75, 3.05) is 0 Å². The van der Waals surface area contributed by atoms with Gasteiger partial charge in [0.1, 0.15) is 0 Å². The van der Waals surface area contributed by atoms with E-state index in [1.165, 1.54) is 5.56 Å². The molecule has 0 aliphatic heterocycles. The second kappa shape index (κ2) is 3.39. The Labute approximate surface area is 88.3 Å². The molecule has 1 heterocycles. The van der Waals surface area contributed by atoms with Crippen LogP contribution in [0, 0.1) is 11.3 Å². The summed E-state index contributed by atoms with van der Waals surface area (Å²) >= 11 is 4.32. The average molecular weight is 202 g/mol. The first kappa shape index (κ1) is 9.17. The smallest absolute Gasteiger partial charge is 0.0991 e. The largest absolute Gasteiger partial charge is 0.294 e. The van der Waals surface area contributed by atoms with E-state index in [2.05, 4.69) is 25.8 Å². The van der Waals surface area contributed by atoms with Crippen LogP contribution in [0.2, 0.25) is 0 Å². The summed E-state index contributed by atoms with van der Waals surface area (Å²) in [7, 11) is 0. The number of aromatic nitrogens is 1. The van der Waals surface area contributed by atoms with Crippen LogP contribution < -0.4 is 0 Å². The first-order valence-electron chi connectivity index (χ1n) is 4.49. The van der Waals surface area contributed by atoms with Crippen molar-refractivity contribution in [1.82, 2.24) is 3.97 Å². The van der Waals surface area contributed by atoms with Crippen molar-refractivity contribution >= 4 is 23.7 Å². The summed E-state index contributed by atoms with van der Waals surface area (Å²) in [5.74, 6) is 0. The average Bonchev–Trinajstić information content (AvgIpc) is 2.55. The number of hydrogen-bond donors (Lipinski definition) is 1. The maximum absolute atomic E-state index is 8.79. The van der Waals surface area contributed by atoms with Crippen molar-refractivity contribution in [3.05, 3.63) is 35.5 Å². The molecule has 3 heteroatoms. The van der Waals surface area contributed by atoms with Gasteiger partial charge in [-0.25, -0.2) is 0 Å². The Morgan fingerprint density at radius 3 is 2.93 bits per heavy atom. The Morgan fingerprint density at radius 1 is 1.50 bits per heavy atom. The molecule has 70 valence electrons. The molecule has 0 saturated heterocycles. The van der Waals surface area contributed by atoms with Crippen LogP contribution >= 0.6 is 12.8 Å². The lowest BCUT2D eigenvalue weighted by molar-refractivity contribution is 1.15. The van der Waals surface area contributed by atoms with E-state index in [0.29, 0.717) is 5.56 Å². The Hall–Kier alpha value is -1.40. The number of benzene rings is 1. The number of fused-ring (bicyclic) bond motifs is 1. The fourth-order valence-corrected chi connectivity index (χ4v) is 1.94. The van der Waals surface area contributed by atoms with Crippen molar-refractivity contribution in [2.45, 2.75) is 13.3 Å². The quantitative estimate of drug-likeness (QED) is 0.708. The number of hydrogen-bond acceptors (Lipinski definition) is 2. The number of aryl methyl sites for hydroxylation is 1. The highest BCUT2D eigenvalue weighted by Crippen LogP contribution is 2.23. The molecule has 0 unspecified atom stereocenters. The fraction of sp³-hybridized carbons (Fsp3) is 0.182. The Balaban J connectivity index is 2.79. The number of nitriles is 1. The maximum Gasteiger partial charge on any atom is 0.0991 e. The SMILES string of the molecule is CCc1cn(S)c2ccc(C#N)cc12. The molecule has 0 saturated carbocycles. The van der Waals surface area contributed by atoms with E-state index >= 15 is 0 Å². The van der Waals surface area contributed by atoms with E-state index < -0.39 is 0 Å². The van der Waals surface area contributed by atoms with Crippen LogP contribution in [-0.2, 0) is 6.42 Å². The van der Waals surface area contributed by atoms with Crippen LogP contribution in [0.5, 0.6) is 0 Å². The van der Waals surface area contributed by atoms with Gasteiger partial charge in [0.15, 0.2) is 0 Å². The number of thiol groups is 1. The third kappa shape index (κ3) is 1.28. The van der Waals surface area contributed by atoms with E-state index in [-0.39, 0.29) is 0 Å². The molecule has 2 rings (SSSR count). The highest BCUT2D eigenvalue weighted by Gasteiger charge is 2.05. The summed E-state index contributed by atoms with van der Waals surface area (Å²) in [5, 5.41) is 9.92. The molecule has 0 amide bonds. The zero-order chi connectivity index (χ0) is 10.1. The van der Waals surface area contributed by atoms with Gasteiger partial charge in [-0.2, -0.15) is 5.26 Å². The molecule has 14 heavy (non-hydrogen) atoms. The van der Waals surface area contributed by atoms with Crippen LogP contribution in [0.4, 0.5) is 0 Å². The summed E-state index contributed by atoms with van der Waals surface area (Å²) in [6.45, 7) is 2.10. The topological polar surface area (TPSA) is 28.7 Å². The molecule has 0 bridgehead atoms. The first-order valence-corrected chi connectivity index (χ1v) is 4.89. The zero-order valence-corrected chi connectivity index (χ0v) is 8.75. The maximum atomic E-state index is 8.79. The van der Waals surface area contributed by atoms with E-state index in [9.17, 15) is 0 Å². The van der Waals surface area contributed by atoms with Crippen LogP contribution in [0.25, 0.3) is 10.9 Å². The van der Waals surface area contributed by atoms with Crippen LogP contribution in [-0.4, -0.2) is 3.97 Å². The molecule has 1 aromatic carbocycles. The zero-order valence-electron chi connectivity index (χ0n) is 7.86. The monoisotopic (exact) mass is 202 g/mol. The van der Waals surface area contributed by atoms with Gasteiger partial charge in [0.2, 0.25) is 0 Å². The van der Waals surface area contributed by atoms with Gasteiger partial charge in [-0.1, -0.05) is 19.7 Å². The molecule has 1 aromatic heterocycles. The highest BCUT2D eigenvalue weighted by atomic mass is 32.1. The third-order valence-corrected chi connectivity index (χ3v) is 2.71. The van der Waals surface area contributed by atoms with Crippen molar-refractivity contribution in [3.8, 4) is 6.07 Å².